The van der Waals surface area contributed by atoms with Gasteiger partial charge in [0.1, 0.15) is 17.4 Å². The Balaban J connectivity index is 1.21. The Kier molecular flexibility index (Phi) is 7.02. The van der Waals surface area contributed by atoms with Crippen molar-refractivity contribution in [3.8, 4) is 5.75 Å². The van der Waals surface area contributed by atoms with Crippen molar-refractivity contribution in [1.82, 2.24) is 14.5 Å². The molecule has 0 bridgehead atoms. The van der Waals surface area contributed by atoms with E-state index in [4.69, 9.17) is 10.1 Å². The number of carbonyl (C=O) groups is 2. The van der Waals surface area contributed by atoms with Crippen LogP contribution in [0.3, 0.4) is 0 Å². The lowest BCUT2D eigenvalue weighted by molar-refractivity contribution is -0.130. The third kappa shape index (κ3) is 5.24. The number of fused-ring (bicyclic) bond motifs is 2. The second kappa shape index (κ2) is 10.9. The lowest BCUT2D eigenvalue weighted by atomic mass is 10.1. The van der Waals surface area contributed by atoms with Crippen LogP contribution in [0.4, 0.5) is 0 Å². The second-order valence-corrected chi connectivity index (χ2v) is 10.6. The summed E-state index contributed by atoms with van der Waals surface area (Å²) in [5.41, 5.74) is 1.98. The maximum absolute atomic E-state index is 13.0. The lowest BCUT2D eigenvalue weighted by Gasteiger charge is -2.26. The van der Waals surface area contributed by atoms with E-state index in [0.717, 1.165) is 54.6 Å². The van der Waals surface area contributed by atoms with Gasteiger partial charge in [-0.2, -0.15) is 15.1 Å². The van der Waals surface area contributed by atoms with Gasteiger partial charge in [0.25, 0.3) is 5.91 Å². The number of carbonyl (C=O) groups excluding carboxylic acids is 2. The average Bonchev–Trinajstić information content (AvgIpc) is 3.53. The van der Waals surface area contributed by atoms with Crippen LogP contribution in [0.15, 0.2) is 76.5 Å². The zero-order valence-corrected chi connectivity index (χ0v) is 22.2. The molecular formula is C29H28N6O3S. The molecule has 0 saturated carbocycles. The highest BCUT2D eigenvalue weighted by atomic mass is 32.2. The molecule has 0 spiro atoms. The van der Waals surface area contributed by atoms with E-state index in [2.05, 4.69) is 14.7 Å². The molecule has 198 valence electrons. The van der Waals surface area contributed by atoms with Crippen LogP contribution in [0.25, 0.3) is 17.0 Å². The predicted octanol–water partition coefficient (Wildman–Crippen LogP) is 4.74. The molecule has 4 heterocycles. The molecule has 0 aliphatic carbocycles. The molecule has 10 heteroatoms. The van der Waals surface area contributed by atoms with Crippen LogP contribution in [0.5, 0.6) is 5.75 Å². The minimum atomic E-state index is -0.484. The summed E-state index contributed by atoms with van der Waals surface area (Å²) in [5.74, 6) is 0.315. The fourth-order valence-corrected chi connectivity index (χ4v) is 5.87. The van der Waals surface area contributed by atoms with Crippen LogP contribution in [0, 0.1) is 5.41 Å². The number of amides is 2. The van der Waals surface area contributed by atoms with E-state index in [-0.39, 0.29) is 23.7 Å². The number of nitrogens with zero attached hydrogens (tertiary/aromatic N) is 5. The van der Waals surface area contributed by atoms with E-state index in [0.29, 0.717) is 23.4 Å². The van der Waals surface area contributed by atoms with Gasteiger partial charge in [0.2, 0.25) is 11.1 Å². The predicted molar refractivity (Wildman–Crippen MR) is 154 cm³/mol. The quantitative estimate of drug-likeness (QED) is 0.436. The van der Waals surface area contributed by atoms with E-state index in [9.17, 15) is 9.59 Å². The Morgan fingerprint density at radius 3 is 2.64 bits per heavy atom. The van der Waals surface area contributed by atoms with E-state index in [1.54, 1.807) is 6.08 Å². The van der Waals surface area contributed by atoms with Crippen LogP contribution in [-0.2, 0) is 16.1 Å². The highest BCUT2D eigenvalue weighted by Gasteiger charge is 2.36. The summed E-state index contributed by atoms with van der Waals surface area (Å²) in [6.45, 7) is 2.65. The third-order valence-electron chi connectivity index (χ3n) is 6.97. The van der Waals surface area contributed by atoms with Crippen molar-refractivity contribution >= 4 is 56.6 Å². The van der Waals surface area contributed by atoms with Gasteiger partial charge in [-0.3, -0.25) is 15.0 Å². The van der Waals surface area contributed by atoms with Gasteiger partial charge in [0.15, 0.2) is 5.84 Å². The summed E-state index contributed by atoms with van der Waals surface area (Å²) >= 11 is 1.19. The molecule has 0 atom stereocenters. The first-order valence-electron chi connectivity index (χ1n) is 13.1. The molecule has 6 rings (SSSR count). The number of aliphatic imine (C=N–C) groups is 1. The molecule has 1 fully saturated rings. The fraction of sp³-hybridized carbons (Fsp3) is 0.276. The lowest BCUT2D eigenvalue weighted by Crippen LogP contribution is -2.36. The number of thioether (sulfide) groups is 1. The van der Waals surface area contributed by atoms with Crippen LogP contribution < -0.4 is 4.74 Å². The number of amidine groups is 2. The van der Waals surface area contributed by atoms with E-state index in [1.165, 1.54) is 16.8 Å². The summed E-state index contributed by atoms with van der Waals surface area (Å²) in [6, 6.07) is 17.6. The summed E-state index contributed by atoms with van der Waals surface area (Å²) in [7, 11) is 0. The summed E-state index contributed by atoms with van der Waals surface area (Å²) in [6.07, 6.45) is 7.02. The van der Waals surface area contributed by atoms with Crippen molar-refractivity contribution < 1.29 is 14.3 Å². The molecule has 2 amide bonds. The Hall–Kier alpha value is -4.18. The highest BCUT2D eigenvalue weighted by Crippen LogP contribution is 2.31. The molecule has 39 heavy (non-hydrogen) atoms. The molecular weight excluding hydrogens is 512 g/mol. The van der Waals surface area contributed by atoms with Gasteiger partial charge in [-0.25, -0.2) is 0 Å². The highest BCUT2D eigenvalue weighted by molar-refractivity contribution is 8.27. The van der Waals surface area contributed by atoms with Crippen LogP contribution in [-0.4, -0.2) is 62.0 Å². The molecule has 0 radical (unpaired) electrons. The van der Waals surface area contributed by atoms with E-state index >= 15 is 0 Å². The molecule has 3 aliphatic heterocycles. The van der Waals surface area contributed by atoms with Crippen molar-refractivity contribution in [2.24, 2.45) is 10.1 Å². The number of hydrogen-bond acceptors (Lipinski definition) is 6. The standard InChI is InChI=1S/C29H28N6O3S/c30-27-23(28(37)31-29-35(27)32-25(39-29)18-26(36)33-13-7-2-8-14-33)17-20-19-34(24-12-6-5-11-22(20)24)15-16-38-21-9-3-1-4-10-21/h1,3-6,9-12,17,19,30H,2,7-8,13-16,18H2/b23-17+,30-27?. The molecule has 1 saturated heterocycles. The van der Waals surface area contributed by atoms with Crippen LogP contribution in [0.1, 0.15) is 31.2 Å². The SMILES string of the molecule is N=C1/C(=C\c2cn(CCOc3ccccc3)c3ccccc23)C(=O)N=C2SC(CC(=O)N3CCCCC3)=NN12. The first-order valence-corrected chi connectivity index (χ1v) is 13.9. The number of rotatable bonds is 7. The van der Waals surface area contributed by atoms with Crippen molar-refractivity contribution in [2.45, 2.75) is 32.2 Å². The maximum atomic E-state index is 13.0. The Labute approximate surface area is 230 Å². The summed E-state index contributed by atoms with van der Waals surface area (Å²) in [4.78, 5) is 31.8. The van der Waals surface area contributed by atoms with Crippen LogP contribution >= 0.6 is 11.8 Å². The molecule has 0 unspecified atom stereocenters. The number of piperidine rings is 1. The summed E-state index contributed by atoms with van der Waals surface area (Å²) in [5, 5.41) is 16.4. The van der Waals surface area contributed by atoms with E-state index in [1.807, 2.05) is 65.7 Å². The zero-order valence-electron chi connectivity index (χ0n) is 21.4. The molecule has 3 aliphatic rings. The maximum Gasteiger partial charge on any atom is 0.283 e. The Bertz CT molecular complexity index is 1530. The van der Waals surface area contributed by atoms with Gasteiger partial charge in [-0.05, 0) is 55.3 Å². The smallest absolute Gasteiger partial charge is 0.283 e. The molecule has 2 aromatic carbocycles. The number of para-hydroxylation sites is 2. The zero-order chi connectivity index (χ0) is 26.8. The normalized spacial score (nSPS) is 18.4. The number of ether oxygens (including phenoxy) is 1. The number of hydrogen-bond donors (Lipinski definition) is 1. The molecule has 9 nitrogen and oxygen atoms in total. The fourth-order valence-electron chi connectivity index (χ4n) is 5.00. The molecule has 3 aromatic rings. The van der Waals surface area contributed by atoms with Crippen molar-refractivity contribution in [3.05, 3.63) is 71.9 Å². The third-order valence-corrected chi connectivity index (χ3v) is 7.88. The van der Waals surface area contributed by atoms with Crippen LogP contribution in [0.2, 0.25) is 0 Å². The number of nitrogens with one attached hydrogen (secondary N) is 1. The van der Waals surface area contributed by atoms with Crippen molar-refractivity contribution in [3.63, 3.8) is 0 Å². The number of hydrazone groups is 1. The van der Waals surface area contributed by atoms with E-state index < -0.39 is 5.91 Å². The van der Waals surface area contributed by atoms with Crippen molar-refractivity contribution in [2.75, 3.05) is 19.7 Å². The van der Waals surface area contributed by atoms with Gasteiger partial charge in [-0.15, -0.1) is 0 Å². The van der Waals surface area contributed by atoms with Gasteiger partial charge < -0.3 is 14.2 Å². The van der Waals surface area contributed by atoms with Gasteiger partial charge >= 0.3 is 0 Å². The monoisotopic (exact) mass is 540 g/mol. The second-order valence-electron chi connectivity index (χ2n) is 9.59. The molecule has 1 aromatic heterocycles. The van der Waals surface area contributed by atoms with Crippen molar-refractivity contribution in [1.29, 1.82) is 5.41 Å². The number of benzene rings is 2. The first-order chi connectivity index (χ1) is 19.1. The molecule has 1 N–H and O–H groups in total. The minimum absolute atomic E-state index is 0.0269. The van der Waals surface area contributed by atoms with Gasteiger partial charge in [-0.1, -0.05) is 36.4 Å². The Morgan fingerprint density at radius 1 is 1.05 bits per heavy atom. The minimum Gasteiger partial charge on any atom is -0.492 e. The van der Waals surface area contributed by atoms with Gasteiger partial charge in [0.05, 0.1) is 18.5 Å². The number of likely N-dealkylation sites (tertiary alicyclic amines) is 1. The largest absolute Gasteiger partial charge is 0.492 e. The topological polar surface area (TPSA) is 103 Å². The Morgan fingerprint density at radius 2 is 1.82 bits per heavy atom. The average molecular weight is 541 g/mol. The first kappa shape index (κ1) is 25.1. The van der Waals surface area contributed by atoms with Gasteiger partial charge in [0, 0.05) is 35.8 Å². The number of aromatic nitrogens is 1. The summed E-state index contributed by atoms with van der Waals surface area (Å²) < 4.78 is 7.97.